The van der Waals surface area contributed by atoms with Crippen LogP contribution >= 0.6 is 0 Å². The number of hydrogen-bond donors (Lipinski definition) is 1. The summed E-state index contributed by atoms with van der Waals surface area (Å²) in [5, 5.41) is 8.70. The van der Waals surface area contributed by atoms with Gasteiger partial charge < -0.3 is 14.6 Å². The average molecular weight is 249 g/mol. The van der Waals surface area contributed by atoms with E-state index in [1.54, 1.807) is 6.08 Å². The predicted octanol–water partition coefficient (Wildman–Crippen LogP) is 1.66. The van der Waals surface area contributed by atoms with E-state index in [9.17, 15) is 4.79 Å². The molecule has 0 spiro atoms. The fourth-order valence-corrected chi connectivity index (χ4v) is 1.85. The summed E-state index contributed by atoms with van der Waals surface area (Å²) in [7, 11) is 3.78. The number of carboxylic acid groups (broad SMARTS) is 1. The molecule has 5 nitrogen and oxygen atoms in total. The first-order valence-corrected chi connectivity index (χ1v) is 5.55. The Kier molecular flexibility index (Phi) is 3.53. The Morgan fingerprint density at radius 3 is 2.78 bits per heavy atom. The summed E-state index contributed by atoms with van der Waals surface area (Å²) in [4.78, 5) is 12.5. The zero-order valence-electron chi connectivity index (χ0n) is 10.3. The van der Waals surface area contributed by atoms with Crippen molar-refractivity contribution in [2.75, 3.05) is 20.9 Å². The maximum atomic E-state index is 10.6. The van der Waals surface area contributed by atoms with Crippen molar-refractivity contribution in [2.24, 2.45) is 0 Å². The molecule has 5 heteroatoms. The molecule has 1 unspecified atom stereocenters. The van der Waals surface area contributed by atoms with E-state index in [2.05, 4.69) is 0 Å². The third-order valence-electron chi connectivity index (χ3n) is 2.72. The minimum absolute atomic E-state index is 0.115. The number of fused-ring (bicyclic) bond motifs is 1. The maximum Gasteiger partial charge on any atom is 0.328 e. The number of rotatable bonds is 4. The number of ether oxygens (including phenoxy) is 2. The van der Waals surface area contributed by atoms with E-state index in [4.69, 9.17) is 14.6 Å². The Morgan fingerprint density at radius 1 is 1.39 bits per heavy atom. The second-order valence-corrected chi connectivity index (χ2v) is 4.22. The summed E-state index contributed by atoms with van der Waals surface area (Å²) in [6.07, 6.45) is 2.79. The third kappa shape index (κ3) is 2.62. The number of hydrogen-bond acceptors (Lipinski definition) is 4. The molecule has 0 amide bonds. The molecule has 0 radical (unpaired) electrons. The Bertz CT molecular complexity index is 482. The number of carboxylic acids is 1. The molecule has 0 fully saturated rings. The van der Waals surface area contributed by atoms with Crippen molar-refractivity contribution in [3.05, 3.63) is 35.9 Å². The van der Waals surface area contributed by atoms with Crippen LogP contribution in [0.5, 0.6) is 11.5 Å². The van der Waals surface area contributed by atoms with Gasteiger partial charge in [-0.15, -0.1) is 0 Å². The largest absolute Gasteiger partial charge is 0.478 e. The van der Waals surface area contributed by atoms with E-state index in [1.807, 2.05) is 37.2 Å². The smallest absolute Gasteiger partial charge is 0.328 e. The summed E-state index contributed by atoms with van der Waals surface area (Å²) in [6.45, 7) is 0.233. The average Bonchev–Trinajstić information content (AvgIpc) is 2.75. The van der Waals surface area contributed by atoms with Crippen molar-refractivity contribution in [2.45, 2.75) is 6.04 Å². The van der Waals surface area contributed by atoms with E-state index in [0.29, 0.717) is 5.75 Å². The lowest BCUT2D eigenvalue weighted by Gasteiger charge is -2.21. The van der Waals surface area contributed by atoms with Gasteiger partial charge in [0, 0.05) is 6.08 Å². The summed E-state index contributed by atoms with van der Waals surface area (Å²) in [5.41, 5.74) is 0.960. The molecule has 0 saturated carbocycles. The molecule has 1 aromatic carbocycles. The van der Waals surface area contributed by atoms with Crippen molar-refractivity contribution >= 4 is 5.97 Å². The number of carbonyl (C=O) groups is 1. The van der Waals surface area contributed by atoms with Crippen LogP contribution in [0.4, 0.5) is 0 Å². The normalized spacial score (nSPS) is 15.3. The Morgan fingerprint density at radius 2 is 2.11 bits per heavy atom. The van der Waals surface area contributed by atoms with Crippen LogP contribution < -0.4 is 9.47 Å². The van der Waals surface area contributed by atoms with Crippen LogP contribution in [0.3, 0.4) is 0 Å². The summed E-state index contributed by atoms with van der Waals surface area (Å²) in [5.74, 6) is 0.462. The molecule has 1 N–H and O–H groups in total. The topological polar surface area (TPSA) is 59.0 Å². The lowest BCUT2D eigenvalue weighted by molar-refractivity contribution is -0.131. The van der Waals surface area contributed by atoms with Gasteiger partial charge in [0.2, 0.25) is 6.79 Å². The third-order valence-corrected chi connectivity index (χ3v) is 2.72. The Balaban J connectivity index is 2.28. The second kappa shape index (κ2) is 5.10. The van der Waals surface area contributed by atoms with E-state index >= 15 is 0 Å². The SMILES string of the molecule is CN(C)C(/C=C/C(=O)O)c1ccc2c(c1)OCO2. The first-order valence-electron chi connectivity index (χ1n) is 5.55. The number of likely N-dealkylation sites (N-methyl/N-ethyl adjacent to an activating group) is 1. The Hall–Kier alpha value is -2.01. The highest BCUT2D eigenvalue weighted by atomic mass is 16.7. The lowest BCUT2D eigenvalue weighted by atomic mass is 10.0. The van der Waals surface area contributed by atoms with Crippen LogP contribution in [0.15, 0.2) is 30.4 Å². The lowest BCUT2D eigenvalue weighted by Crippen LogP contribution is -2.18. The van der Waals surface area contributed by atoms with Crippen molar-refractivity contribution in [3.63, 3.8) is 0 Å². The maximum absolute atomic E-state index is 10.6. The minimum Gasteiger partial charge on any atom is -0.478 e. The molecule has 0 saturated heterocycles. The van der Waals surface area contributed by atoms with Crippen molar-refractivity contribution in [1.29, 1.82) is 0 Å². The molecule has 1 aromatic rings. The highest BCUT2D eigenvalue weighted by Crippen LogP contribution is 2.35. The van der Waals surface area contributed by atoms with Gasteiger partial charge in [0.1, 0.15) is 0 Å². The first-order chi connectivity index (χ1) is 8.58. The molecular weight excluding hydrogens is 234 g/mol. The van der Waals surface area contributed by atoms with Crippen LogP contribution in [-0.4, -0.2) is 36.9 Å². The number of aliphatic carboxylic acids is 1. The van der Waals surface area contributed by atoms with Crippen molar-refractivity contribution in [3.8, 4) is 11.5 Å². The monoisotopic (exact) mass is 249 g/mol. The van der Waals surface area contributed by atoms with Gasteiger partial charge in [0.25, 0.3) is 0 Å². The quantitative estimate of drug-likeness (QED) is 0.822. The summed E-state index contributed by atoms with van der Waals surface area (Å²) < 4.78 is 10.6. The minimum atomic E-state index is -0.956. The standard InChI is InChI=1S/C13H15NO4/c1-14(2)10(4-6-13(15)16)9-3-5-11-12(7-9)18-8-17-11/h3-7,10H,8H2,1-2H3,(H,15,16)/b6-4+. The number of benzene rings is 1. The van der Waals surface area contributed by atoms with Gasteiger partial charge in [-0.1, -0.05) is 12.1 Å². The molecule has 96 valence electrons. The molecule has 18 heavy (non-hydrogen) atoms. The van der Waals surface area contributed by atoms with E-state index < -0.39 is 5.97 Å². The van der Waals surface area contributed by atoms with Crippen LogP contribution in [0, 0.1) is 0 Å². The van der Waals surface area contributed by atoms with Crippen LogP contribution in [0.1, 0.15) is 11.6 Å². The molecular formula is C13H15NO4. The number of nitrogens with zero attached hydrogens (tertiary/aromatic N) is 1. The molecule has 2 rings (SSSR count). The van der Waals surface area contributed by atoms with Crippen LogP contribution in [0.2, 0.25) is 0 Å². The van der Waals surface area contributed by atoms with Gasteiger partial charge >= 0.3 is 5.97 Å². The molecule has 1 aliphatic rings. The molecule has 1 heterocycles. The fourth-order valence-electron chi connectivity index (χ4n) is 1.85. The van der Waals surface area contributed by atoms with E-state index in [0.717, 1.165) is 17.4 Å². The van der Waals surface area contributed by atoms with Gasteiger partial charge in [-0.3, -0.25) is 4.90 Å². The van der Waals surface area contributed by atoms with Crippen molar-refractivity contribution in [1.82, 2.24) is 4.90 Å². The predicted molar refractivity (Wildman–Crippen MR) is 65.8 cm³/mol. The summed E-state index contributed by atoms with van der Waals surface area (Å²) in [6, 6.07) is 5.50. The van der Waals surface area contributed by atoms with Crippen LogP contribution in [-0.2, 0) is 4.79 Å². The molecule has 0 aromatic heterocycles. The zero-order valence-corrected chi connectivity index (χ0v) is 10.3. The highest BCUT2D eigenvalue weighted by molar-refractivity contribution is 5.79. The molecule has 0 bridgehead atoms. The van der Waals surface area contributed by atoms with E-state index in [1.165, 1.54) is 0 Å². The van der Waals surface area contributed by atoms with Crippen LogP contribution in [0.25, 0.3) is 0 Å². The summed E-state index contributed by atoms with van der Waals surface area (Å²) >= 11 is 0. The highest BCUT2D eigenvalue weighted by Gasteiger charge is 2.17. The molecule has 1 aliphatic heterocycles. The van der Waals surface area contributed by atoms with Gasteiger partial charge in [-0.2, -0.15) is 0 Å². The van der Waals surface area contributed by atoms with Crippen molar-refractivity contribution < 1.29 is 19.4 Å². The second-order valence-electron chi connectivity index (χ2n) is 4.22. The van der Waals surface area contributed by atoms with E-state index in [-0.39, 0.29) is 12.8 Å². The molecule has 0 aliphatic carbocycles. The molecule has 1 atom stereocenters. The fraction of sp³-hybridized carbons (Fsp3) is 0.308. The zero-order chi connectivity index (χ0) is 13.1. The van der Waals surface area contributed by atoms with Gasteiger partial charge in [0.05, 0.1) is 6.04 Å². The Labute approximate surface area is 105 Å². The van der Waals surface area contributed by atoms with Gasteiger partial charge in [-0.05, 0) is 31.8 Å². The van der Waals surface area contributed by atoms with Gasteiger partial charge in [-0.25, -0.2) is 4.79 Å². The van der Waals surface area contributed by atoms with Gasteiger partial charge in [0.15, 0.2) is 11.5 Å². The first kappa shape index (κ1) is 12.4.